The van der Waals surface area contributed by atoms with E-state index >= 15 is 0 Å². The number of rotatable bonds is 4. The van der Waals surface area contributed by atoms with Crippen LogP contribution >= 0.6 is 15.9 Å². The molecule has 1 fully saturated rings. The lowest BCUT2D eigenvalue weighted by molar-refractivity contribution is -0.131. The molecule has 0 spiro atoms. The highest BCUT2D eigenvalue weighted by Gasteiger charge is 2.30. The van der Waals surface area contributed by atoms with Crippen molar-refractivity contribution in [1.82, 2.24) is 9.21 Å². The minimum atomic E-state index is -3.57. The van der Waals surface area contributed by atoms with Crippen LogP contribution in [-0.2, 0) is 21.2 Å². The van der Waals surface area contributed by atoms with Crippen molar-refractivity contribution in [2.45, 2.75) is 25.2 Å². The van der Waals surface area contributed by atoms with Crippen LogP contribution in [-0.4, -0.2) is 49.7 Å². The molecule has 1 saturated heterocycles. The molecule has 150 valence electrons. The predicted octanol–water partition coefficient (Wildman–Crippen LogP) is 3.28. The van der Waals surface area contributed by atoms with E-state index in [1.54, 1.807) is 29.2 Å². The van der Waals surface area contributed by atoms with Crippen molar-refractivity contribution in [2.24, 2.45) is 0 Å². The van der Waals surface area contributed by atoms with Gasteiger partial charge in [0.05, 0.1) is 15.8 Å². The summed E-state index contributed by atoms with van der Waals surface area (Å²) in [4.78, 5) is 14.5. The topological polar surface area (TPSA) is 57.7 Å². The lowest BCUT2D eigenvalue weighted by Crippen LogP contribution is -2.50. The van der Waals surface area contributed by atoms with E-state index < -0.39 is 10.0 Å². The molecular weight excluding hydrogens is 447 g/mol. The van der Waals surface area contributed by atoms with Crippen molar-refractivity contribution in [1.29, 1.82) is 0 Å². The second kappa shape index (κ2) is 8.31. The molecule has 0 aliphatic carbocycles. The van der Waals surface area contributed by atoms with Crippen LogP contribution < -0.4 is 0 Å². The van der Waals surface area contributed by atoms with Crippen molar-refractivity contribution in [3.8, 4) is 0 Å². The molecule has 1 aliphatic heterocycles. The molecule has 28 heavy (non-hydrogen) atoms. The number of aryl methyl sites for hydroxylation is 2. The number of benzene rings is 2. The van der Waals surface area contributed by atoms with Crippen LogP contribution in [0.5, 0.6) is 0 Å². The molecule has 3 rings (SSSR count). The van der Waals surface area contributed by atoms with Gasteiger partial charge in [-0.25, -0.2) is 12.8 Å². The number of hydrogen-bond acceptors (Lipinski definition) is 3. The van der Waals surface area contributed by atoms with Gasteiger partial charge in [-0.3, -0.25) is 4.79 Å². The molecule has 0 unspecified atom stereocenters. The summed E-state index contributed by atoms with van der Waals surface area (Å²) in [5.41, 5.74) is 2.69. The fraction of sp³-hybridized carbons (Fsp3) is 0.350. The number of sulfonamides is 1. The second-order valence-corrected chi connectivity index (χ2v) is 9.75. The Morgan fingerprint density at radius 1 is 1.04 bits per heavy atom. The van der Waals surface area contributed by atoms with Gasteiger partial charge in [0.25, 0.3) is 0 Å². The van der Waals surface area contributed by atoms with Gasteiger partial charge < -0.3 is 4.90 Å². The van der Waals surface area contributed by atoms with Gasteiger partial charge in [-0.2, -0.15) is 4.31 Å². The Kier molecular flexibility index (Phi) is 6.21. The summed E-state index contributed by atoms with van der Waals surface area (Å²) in [6, 6.07) is 9.62. The highest BCUT2D eigenvalue weighted by molar-refractivity contribution is 9.10. The summed E-state index contributed by atoms with van der Waals surface area (Å²) in [6.07, 6.45) is 0.156. The number of nitrogens with zero attached hydrogens (tertiary/aromatic N) is 2. The van der Waals surface area contributed by atoms with E-state index in [2.05, 4.69) is 15.9 Å². The zero-order valence-electron chi connectivity index (χ0n) is 15.8. The standard InChI is InChI=1S/C20H22BrFN2O3S/c1-14-3-5-17(11-15(14)2)28(26,27)24-9-7-23(8-10-24)20(25)13-16-4-6-19(22)18(21)12-16/h3-6,11-12H,7-10,13H2,1-2H3. The smallest absolute Gasteiger partial charge is 0.243 e. The van der Waals surface area contributed by atoms with Crippen molar-refractivity contribution >= 4 is 31.9 Å². The molecule has 0 saturated carbocycles. The molecular formula is C20H22BrFN2O3S. The monoisotopic (exact) mass is 468 g/mol. The van der Waals surface area contributed by atoms with E-state index in [9.17, 15) is 17.6 Å². The van der Waals surface area contributed by atoms with Crippen molar-refractivity contribution in [3.05, 3.63) is 63.4 Å². The number of piperazine rings is 1. The molecule has 2 aromatic rings. The third kappa shape index (κ3) is 4.45. The van der Waals surface area contributed by atoms with Crippen LogP contribution in [0.4, 0.5) is 4.39 Å². The number of carbonyl (C=O) groups excluding carboxylic acids is 1. The van der Waals surface area contributed by atoms with E-state index in [-0.39, 0.29) is 36.1 Å². The average molecular weight is 469 g/mol. The van der Waals surface area contributed by atoms with Gasteiger partial charge in [-0.15, -0.1) is 0 Å². The van der Waals surface area contributed by atoms with E-state index in [0.29, 0.717) is 23.1 Å². The van der Waals surface area contributed by atoms with E-state index in [1.165, 1.54) is 10.4 Å². The van der Waals surface area contributed by atoms with Crippen LogP contribution in [0.15, 0.2) is 45.8 Å². The van der Waals surface area contributed by atoms with Crippen LogP contribution in [0.2, 0.25) is 0 Å². The Hall–Kier alpha value is -1.77. The summed E-state index contributed by atoms with van der Waals surface area (Å²) in [7, 11) is -3.57. The Morgan fingerprint density at radius 2 is 1.71 bits per heavy atom. The molecule has 0 aromatic heterocycles. The Balaban J connectivity index is 1.63. The third-order valence-corrected chi connectivity index (χ3v) is 7.55. The van der Waals surface area contributed by atoms with Gasteiger partial charge in [-0.05, 0) is 70.7 Å². The molecule has 0 radical (unpaired) electrons. The maximum Gasteiger partial charge on any atom is 0.243 e. The fourth-order valence-electron chi connectivity index (χ4n) is 3.14. The van der Waals surface area contributed by atoms with Crippen LogP contribution in [0.3, 0.4) is 0 Å². The number of hydrogen-bond donors (Lipinski definition) is 0. The molecule has 0 N–H and O–H groups in total. The largest absolute Gasteiger partial charge is 0.340 e. The van der Waals surface area contributed by atoms with Gasteiger partial charge in [0.15, 0.2) is 0 Å². The third-order valence-electron chi connectivity index (χ3n) is 5.05. The summed E-state index contributed by atoms with van der Waals surface area (Å²) in [6.45, 7) is 5.02. The minimum Gasteiger partial charge on any atom is -0.340 e. The molecule has 8 heteroatoms. The first-order chi connectivity index (χ1) is 13.2. The van der Waals surface area contributed by atoms with Gasteiger partial charge in [-0.1, -0.05) is 12.1 Å². The Labute approximate surface area is 173 Å². The van der Waals surface area contributed by atoms with E-state index in [4.69, 9.17) is 0 Å². The summed E-state index contributed by atoms with van der Waals surface area (Å²) >= 11 is 3.12. The quantitative estimate of drug-likeness (QED) is 0.691. The van der Waals surface area contributed by atoms with Crippen LogP contribution in [0, 0.1) is 19.7 Å². The summed E-state index contributed by atoms with van der Waals surface area (Å²) in [5, 5.41) is 0. The SMILES string of the molecule is Cc1ccc(S(=O)(=O)N2CCN(C(=O)Cc3ccc(F)c(Br)c3)CC2)cc1C. The first-order valence-electron chi connectivity index (χ1n) is 8.97. The lowest BCUT2D eigenvalue weighted by Gasteiger charge is -2.34. The zero-order valence-corrected chi connectivity index (χ0v) is 18.2. The van der Waals surface area contributed by atoms with Crippen molar-refractivity contribution in [3.63, 3.8) is 0 Å². The maximum atomic E-state index is 13.3. The van der Waals surface area contributed by atoms with E-state index in [1.807, 2.05) is 19.9 Å². The highest BCUT2D eigenvalue weighted by atomic mass is 79.9. The summed E-state index contributed by atoms with van der Waals surface area (Å²) < 4.78 is 40.8. The van der Waals surface area contributed by atoms with Crippen LogP contribution in [0.1, 0.15) is 16.7 Å². The Morgan fingerprint density at radius 3 is 2.32 bits per heavy atom. The predicted molar refractivity (Wildman–Crippen MR) is 109 cm³/mol. The summed E-state index contributed by atoms with van der Waals surface area (Å²) in [5.74, 6) is -0.469. The molecule has 5 nitrogen and oxygen atoms in total. The average Bonchev–Trinajstić information content (AvgIpc) is 2.67. The minimum absolute atomic E-state index is 0.0956. The highest BCUT2D eigenvalue weighted by Crippen LogP contribution is 2.21. The normalized spacial score (nSPS) is 15.6. The first-order valence-corrected chi connectivity index (χ1v) is 11.2. The molecule has 1 aliphatic rings. The molecule has 1 amide bonds. The van der Waals surface area contributed by atoms with Crippen LogP contribution in [0.25, 0.3) is 0 Å². The number of halogens is 2. The molecule has 2 aromatic carbocycles. The van der Waals surface area contributed by atoms with Crippen molar-refractivity contribution < 1.29 is 17.6 Å². The van der Waals surface area contributed by atoms with Gasteiger partial charge in [0, 0.05) is 26.2 Å². The fourth-order valence-corrected chi connectivity index (χ4v) is 5.07. The molecule has 0 atom stereocenters. The molecule has 1 heterocycles. The van der Waals surface area contributed by atoms with Gasteiger partial charge >= 0.3 is 0 Å². The number of amides is 1. The maximum absolute atomic E-state index is 13.3. The first kappa shape index (κ1) is 21.0. The Bertz CT molecular complexity index is 1000. The molecule has 0 bridgehead atoms. The second-order valence-electron chi connectivity index (χ2n) is 6.96. The number of carbonyl (C=O) groups is 1. The zero-order chi connectivity index (χ0) is 20.5. The van der Waals surface area contributed by atoms with Gasteiger partial charge in [0.1, 0.15) is 5.82 Å². The lowest BCUT2D eigenvalue weighted by atomic mass is 10.1. The van der Waals surface area contributed by atoms with Crippen molar-refractivity contribution in [2.75, 3.05) is 26.2 Å². The van der Waals surface area contributed by atoms with E-state index in [0.717, 1.165) is 11.1 Å². The van der Waals surface area contributed by atoms with Gasteiger partial charge in [0.2, 0.25) is 15.9 Å².